The average Bonchev–Trinajstić information content (AvgIpc) is 3.15. The van der Waals surface area contributed by atoms with E-state index < -0.39 is 0 Å². The van der Waals surface area contributed by atoms with Crippen LogP contribution in [-0.2, 0) is 11.2 Å². The third-order valence-corrected chi connectivity index (χ3v) is 5.81. The maximum Gasteiger partial charge on any atom is 0.223 e. The van der Waals surface area contributed by atoms with Gasteiger partial charge in [-0.1, -0.05) is 18.2 Å². The van der Waals surface area contributed by atoms with E-state index in [9.17, 15) is 4.79 Å². The van der Waals surface area contributed by atoms with Gasteiger partial charge in [0.1, 0.15) is 0 Å². The number of carbonyl (C=O) groups is 1. The lowest BCUT2D eigenvalue weighted by Crippen LogP contribution is -2.34. The Morgan fingerprint density at radius 2 is 2.09 bits per heavy atom. The minimum absolute atomic E-state index is 0.258. The molecule has 4 rings (SSSR count). The third-order valence-electron chi connectivity index (χ3n) is 5.81. The van der Waals surface area contributed by atoms with Crippen LogP contribution in [0.15, 0.2) is 24.3 Å². The highest BCUT2D eigenvalue weighted by Crippen LogP contribution is 2.58. The van der Waals surface area contributed by atoms with E-state index in [0.717, 1.165) is 45.3 Å². The van der Waals surface area contributed by atoms with Gasteiger partial charge in [0.15, 0.2) is 0 Å². The van der Waals surface area contributed by atoms with Crippen molar-refractivity contribution < 1.29 is 4.79 Å². The van der Waals surface area contributed by atoms with Crippen LogP contribution in [0.25, 0.3) is 10.9 Å². The number of para-hydroxylation sites is 1. The molecule has 1 aliphatic carbocycles. The molecule has 2 fully saturated rings. The van der Waals surface area contributed by atoms with Crippen molar-refractivity contribution in [1.82, 2.24) is 15.6 Å². The number of rotatable bonds is 4. The molecule has 2 aromatic rings. The lowest BCUT2D eigenvalue weighted by molar-refractivity contribution is -0.123. The summed E-state index contributed by atoms with van der Waals surface area (Å²) in [7, 11) is 0. The summed E-state index contributed by atoms with van der Waals surface area (Å²) in [6.07, 6.45) is 4.30. The third kappa shape index (κ3) is 2.65. The van der Waals surface area contributed by atoms with E-state index in [2.05, 4.69) is 46.8 Å². The molecule has 1 unspecified atom stereocenters. The van der Waals surface area contributed by atoms with Crippen molar-refractivity contribution in [3.05, 3.63) is 35.5 Å². The van der Waals surface area contributed by atoms with Crippen molar-refractivity contribution in [3.63, 3.8) is 0 Å². The summed E-state index contributed by atoms with van der Waals surface area (Å²) in [5, 5.41) is 7.84. The van der Waals surface area contributed by atoms with Gasteiger partial charge in [-0.05, 0) is 62.7 Å². The molecule has 1 aromatic heterocycles. The summed E-state index contributed by atoms with van der Waals surface area (Å²) in [6.45, 7) is 4.98. The summed E-state index contributed by atoms with van der Waals surface area (Å²) in [6, 6.07) is 8.38. The van der Waals surface area contributed by atoms with Crippen molar-refractivity contribution in [3.8, 4) is 0 Å². The van der Waals surface area contributed by atoms with Gasteiger partial charge in [0.2, 0.25) is 5.91 Å². The van der Waals surface area contributed by atoms with Crippen LogP contribution in [0, 0.1) is 18.3 Å². The zero-order valence-electron chi connectivity index (χ0n) is 13.7. The number of nitrogens with one attached hydrogen (secondary N) is 3. The minimum atomic E-state index is 0.258. The number of carbonyl (C=O) groups excluding carboxylic acids is 1. The number of H-pyrrole nitrogens is 1. The SMILES string of the molecule is Cc1[nH]c2ccccc2c1CCNC(=O)C1CC12CCNCC2. The molecule has 1 aliphatic heterocycles. The van der Waals surface area contributed by atoms with Crippen molar-refractivity contribution >= 4 is 16.8 Å². The Balaban J connectivity index is 1.35. The second kappa shape index (κ2) is 5.68. The molecule has 122 valence electrons. The smallest absolute Gasteiger partial charge is 0.223 e. The van der Waals surface area contributed by atoms with Gasteiger partial charge in [-0.15, -0.1) is 0 Å². The van der Waals surface area contributed by atoms with Gasteiger partial charge < -0.3 is 15.6 Å². The molecular weight excluding hydrogens is 286 g/mol. The fraction of sp³-hybridized carbons (Fsp3) is 0.526. The number of aromatic nitrogens is 1. The van der Waals surface area contributed by atoms with Crippen LogP contribution in [0.1, 0.15) is 30.5 Å². The van der Waals surface area contributed by atoms with E-state index in [0.29, 0.717) is 5.41 Å². The Morgan fingerprint density at radius 1 is 1.30 bits per heavy atom. The van der Waals surface area contributed by atoms with E-state index in [1.165, 1.54) is 22.2 Å². The fourth-order valence-electron chi connectivity index (χ4n) is 4.29. The molecule has 1 atom stereocenters. The van der Waals surface area contributed by atoms with Crippen LogP contribution in [0.5, 0.6) is 0 Å². The number of amides is 1. The van der Waals surface area contributed by atoms with Gasteiger partial charge in [0.05, 0.1) is 0 Å². The van der Waals surface area contributed by atoms with Gasteiger partial charge in [-0.25, -0.2) is 0 Å². The molecule has 2 aliphatic rings. The summed E-state index contributed by atoms with van der Waals surface area (Å²) >= 11 is 0. The predicted molar refractivity (Wildman–Crippen MR) is 92.4 cm³/mol. The average molecular weight is 311 g/mol. The van der Waals surface area contributed by atoms with Gasteiger partial charge in [-0.2, -0.15) is 0 Å². The van der Waals surface area contributed by atoms with E-state index >= 15 is 0 Å². The monoisotopic (exact) mass is 311 g/mol. The number of aromatic amines is 1. The minimum Gasteiger partial charge on any atom is -0.358 e. The van der Waals surface area contributed by atoms with Crippen molar-refractivity contribution in [2.24, 2.45) is 11.3 Å². The number of fused-ring (bicyclic) bond motifs is 1. The Labute approximate surface area is 137 Å². The molecule has 2 heterocycles. The maximum absolute atomic E-state index is 12.4. The predicted octanol–water partition coefficient (Wildman–Crippen LogP) is 2.52. The van der Waals surface area contributed by atoms with Crippen molar-refractivity contribution in [1.29, 1.82) is 0 Å². The topological polar surface area (TPSA) is 56.9 Å². The fourth-order valence-corrected chi connectivity index (χ4v) is 4.29. The van der Waals surface area contributed by atoms with Crippen LogP contribution in [0.2, 0.25) is 0 Å². The first-order chi connectivity index (χ1) is 11.2. The lowest BCUT2D eigenvalue weighted by atomic mass is 9.92. The normalized spacial score (nSPS) is 22.4. The van der Waals surface area contributed by atoms with Gasteiger partial charge in [0, 0.05) is 29.1 Å². The largest absolute Gasteiger partial charge is 0.358 e. The van der Waals surface area contributed by atoms with Gasteiger partial charge >= 0.3 is 0 Å². The van der Waals surface area contributed by atoms with Crippen LogP contribution in [0.3, 0.4) is 0 Å². The quantitative estimate of drug-likeness (QED) is 0.812. The standard InChI is InChI=1S/C19H25N3O/c1-13-14(15-4-2-3-5-17(15)22-13)6-9-21-18(23)16-12-19(16)7-10-20-11-8-19/h2-5,16,20,22H,6-12H2,1H3,(H,21,23). The molecular formula is C19H25N3O. The van der Waals surface area contributed by atoms with E-state index in [4.69, 9.17) is 0 Å². The zero-order valence-corrected chi connectivity index (χ0v) is 13.7. The van der Waals surface area contributed by atoms with Gasteiger partial charge in [0.25, 0.3) is 0 Å². The molecule has 4 nitrogen and oxygen atoms in total. The number of aryl methyl sites for hydroxylation is 1. The van der Waals surface area contributed by atoms with Crippen LogP contribution < -0.4 is 10.6 Å². The van der Waals surface area contributed by atoms with Crippen molar-refractivity contribution in [2.45, 2.75) is 32.6 Å². The van der Waals surface area contributed by atoms with Crippen LogP contribution in [-0.4, -0.2) is 30.5 Å². The van der Waals surface area contributed by atoms with E-state index in [1.54, 1.807) is 0 Å². The molecule has 1 saturated carbocycles. The highest BCUT2D eigenvalue weighted by atomic mass is 16.2. The van der Waals surface area contributed by atoms with E-state index in [1.807, 2.05) is 0 Å². The summed E-state index contributed by atoms with van der Waals surface area (Å²) in [4.78, 5) is 15.8. The molecule has 4 heteroatoms. The first-order valence-corrected chi connectivity index (χ1v) is 8.74. The highest BCUT2D eigenvalue weighted by molar-refractivity contribution is 5.85. The number of hydrogen-bond acceptors (Lipinski definition) is 2. The Morgan fingerprint density at radius 3 is 2.91 bits per heavy atom. The molecule has 1 amide bonds. The second-order valence-corrected chi connectivity index (χ2v) is 7.18. The van der Waals surface area contributed by atoms with Crippen LogP contribution in [0.4, 0.5) is 0 Å². The number of piperidine rings is 1. The molecule has 23 heavy (non-hydrogen) atoms. The number of hydrogen-bond donors (Lipinski definition) is 3. The molecule has 1 spiro atoms. The molecule has 1 saturated heterocycles. The highest BCUT2D eigenvalue weighted by Gasteiger charge is 2.57. The van der Waals surface area contributed by atoms with Crippen LogP contribution >= 0.6 is 0 Å². The zero-order chi connectivity index (χ0) is 15.9. The Kier molecular flexibility index (Phi) is 3.64. The second-order valence-electron chi connectivity index (χ2n) is 7.18. The summed E-state index contributed by atoms with van der Waals surface area (Å²) in [5.41, 5.74) is 4.05. The van der Waals surface area contributed by atoms with Gasteiger partial charge in [-0.3, -0.25) is 4.79 Å². The first-order valence-electron chi connectivity index (χ1n) is 8.74. The Bertz CT molecular complexity index is 727. The molecule has 3 N–H and O–H groups in total. The summed E-state index contributed by atoms with van der Waals surface area (Å²) < 4.78 is 0. The number of benzene rings is 1. The molecule has 0 radical (unpaired) electrons. The summed E-state index contributed by atoms with van der Waals surface area (Å²) in [5.74, 6) is 0.526. The first kappa shape index (κ1) is 14.8. The van der Waals surface area contributed by atoms with E-state index in [-0.39, 0.29) is 11.8 Å². The maximum atomic E-state index is 12.4. The lowest BCUT2D eigenvalue weighted by Gasteiger charge is -2.23. The molecule has 1 aromatic carbocycles. The van der Waals surface area contributed by atoms with Crippen molar-refractivity contribution in [2.75, 3.05) is 19.6 Å². The molecule has 0 bridgehead atoms. The Hall–Kier alpha value is -1.81.